The highest BCUT2D eigenvalue weighted by Gasteiger charge is 2.36. The monoisotopic (exact) mass is 417 g/mol. The Labute approximate surface area is 172 Å². The summed E-state index contributed by atoms with van der Waals surface area (Å²) < 4.78 is 5.25. The summed E-state index contributed by atoms with van der Waals surface area (Å²) in [5.41, 5.74) is 0.668. The maximum atomic E-state index is 12.6. The van der Waals surface area contributed by atoms with E-state index in [4.69, 9.17) is 4.74 Å². The minimum atomic E-state index is -1.27. The molecule has 29 heavy (non-hydrogen) atoms. The Bertz CT molecular complexity index is 868. The lowest BCUT2D eigenvalue weighted by Gasteiger charge is -2.36. The number of hydrogen-bond donors (Lipinski definition) is 0. The molecule has 154 valence electrons. The van der Waals surface area contributed by atoms with Crippen molar-refractivity contribution in [3.05, 3.63) is 34.7 Å². The fraction of sp³-hybridized carbons (Fsp3) is 0.400. The zero-order chi connectivity index (χ0) is 21.0. The van der Waals surface area contributed by atoms with Crippen LogP contribution in [0.5, 0.6) is 5.75 Å². The van der Waals surface area contributed by atoms with E-state index in [1.807, 2.05) is 0 Å². The van der Waals surface area contributed by atoms with E-state index in [0.29, 0.717) is 24.3 Å². The number of aliphatic carboxylic acids is 1. The highest BCUT2D eigenvalue weighted by molar-refractivity contribution is 8.18. The average molecular weight is 417 g/mol. The quantitative estimate of drug-likeness (QED) is 0.641. The lowest BCUT2D eigenvalue weighted by Crippen LogP contribution is -2.53. The van der Waals surface area contributed by atoms with Crippen molar-refractivity contribution in [3.63, 3.8) is 0 Å². The highest BCUT2D eigenvalue weighted by atomic mass is 32.2. The summed E-state index contributed by atoms with van der Waals surface area (Å²) in [6, 6.07) is 6.17. The summed E-state index contributed by atoms with van der Waals surface area (Å²) in [5.74, 6) is -1.57. The number of para-hydroxylation sites is 1. The number of hydrogen-bond acceptors (Lipinski definition) is 7. The summed E-state index contributed by atoms with van der Waals surface area (Å²) in [7, 11) is 1.52. The van der Waals surface area contributed by atoms with Gasteiger partial charge in [0.1, 0.15) is 5.75 Å². The summed E-state index contributed by atoms with van der Waals surface area (Å²) >= 11 is 0.802. The maximum Gasteiger partial charge on any atom is 0.293 e. The number of carbonyl (C=O) groups is 4. The van der Waals surface area contributed by atoms with Crippen molar-refractivity contribution in [2.24, 2.45) is 0 Å². The van der Waals surface area contributed by atoms with Crippen LogP contribution in [0.1, 0.15) is 31.2 Å². The van der Waals surface area contributed by atoms with Gasteiger partial charge in [0.2, 0.25) is 5.91 Å². The Hall–Kier alpha value is -2.81. The van der Waals surface area contributed by atoms with Crippen LogP contribution in [0.15, 0.2) is 29.2 Å². The molecule has 0 spiro atoms. The molecule has 9 heteroatoms. The van der Waals surface area contributed by atoms with Gasteiger partial charge in [0.25, 0.3) is 11.1 Å². The molecule has 2 fully saturated rings. The molecule has 2 aliphatic heterocycles. The molecule has 1 aromatic carbocycles. The zero-order valence-corrected chi connectivity index (χ0v) is 16.8. The molecule has 2 heterocycles. The van der Waals surface area contributed by atoms with Crippen molar-refractivity contribution >= 4 is 40.9 Å². The molecule has 1 aromatic rings. The van der Waals surface area contributed by atoms with Crippen LogP contribution >= 0.6 is 11.8 Å². The van der Waals surface area contributed by atoms with Gasteiger partial charge >= 0.3 is 0 Å². The van der Waals surface area contributed by atoms with Gasteiger partial charge in [-0.1, -0.05) is 18.2 Å². The number of ether oxygens (including phenoxy) is 1. The van der Waals surface area contributed by atoms with E-state index in [-0.39, 0.29) is 17.9 Å². The van der Waals surface area contributed by atoms with Gasteiger partial charge in [0.05, 0.1) is 24.0 Å². The van der Waals surface area contributed by atoms with Crippen LogP contribution in [-0.2, 0) is 14.4 Å². The molecule has 0 aromatic heterocycles. The van der Waals surface area contributed by atoms with Gasteiger partial charge in [-0.15, -0.1) is 0 Å². The van der Waals surface area contributed by atoms with Gasteiger partial charge in [0.15, 0.2) is 0 Å². The number of thioether (sulfide) groups is 1. The molecule has 2 aliphatic rings. The first-order chi connectivity index (χ1) is 13.9. The van der Waals surface area contributed by atoms with Crippen LogP contribution in [0.4, 0.5) is 4.79 Å². The second kappa shape index (κ2) is 9.13. The fourth-order valence-electron chi connectivity index (χ4n) is 3.45. The van der Waals surface area contributed by atoms with Crippen molar-refractivity contribution in [2.75, 3.05) is 20.2 Å². The number of carboxylic acids is 1. The Morgan fingerprint density at radius 3 is 2.76 bits per heavy atom. The van der Waals surface area contributed by atoms with Crippen molar-refractivity contribution in [1.29, 1.82) is 0 Å². The molecule has 0 saturated carbocycles. The smallest absolute Gasteiger partial charge is 0.293 e. The Morgan fingerprint density at radius 1 is 1.28 bits per heavy atom. The second-order valence-corrected chi connectivity index (χ2v) is 7.74. The van der Waals surface area contributed by atoms with Gasteiger partial charge in [-0.3, -0.25) is 19.3 Å². The molecule has 0 radical (unpaired) electrons. The minimum Gasteiger partial charge on any atom is -0.548 e. The molecule has 3 amide bonds. The van der Waals surface area contributed by atoms with Crippen LogP contribution in [0.2, 0.25) is 0 Å². The van der Waals surface area contributed by atoms with Gasteiger partial charge < -0.3 is 19.5 Å². The van der Waals surface area contributed by atoms with E-state index in [1.54, 1.807) is 30.3 Å². The van der Waals surface area contributed by atoms with Gasteiger partial charge in [-0.05, 0) is 43.2 Å². The van der Waals surface area contributed by atoms with Crippen molar-refractivity contribution in [3.8, 4) is 5.75 Å². The van der Waals surface area contributed by atoms with Crippen LogP contribution in [0, 0.1) is 0 Å². The summed E-state index contributed by atoms with van der Waals surface area (Å²) in [6.45, 7) is 0.246. The third-order valence-electron chi connectivity index (χ3n) is 4.94. The fourth-order valence-corrected chi connectivity index (χ4v) is 4.30. The number of likely N-dealkylation sites (tertiary alicyclic amines) is 1. The number of carbonyl (C=O) groups excluding carboxylic acids is 4. The Kier molecular flexibility index (Phi) is 6.58. The predicted octanol–water partition coefficient (Wildman–Crippen LogP) is 1.25. The van der Waals surface area contributed by atoms with Crippen LogP contribution in [-0.4, -0.2) is 59.1 Å². The van der Waals surface area contributed by atoms with Crippen molar-refractivity contribution < 1.29 is 29.0 Å². The summed E-state index contributed by atoms with van der Waals surface area (Å²) in [5, 5.41) is 10.8. The molecule has 0 bridgehead atoms. The summed E-state index contributed by atoms with van der Waals surface area (Å²) in [4.78, 5) is 51.2. The summed E-state index contributed by atoms with van der Waals surface area (Å²) in [6.07, 6.45) is 3.27. The average Bonchev–Trinajstić information content (AvgIpc) is 2.99. The highest BCUT2D eigenvalue weighted by Crippen LogP contribution is 2.34. The lowest BCUT2D eigenvalue weighted by atomic mass is 10.0. The number of rotatable bonds is 6. The largest absolute Gasteiger partial charge is 0.548 e. The number of piperidine rings is 1. The van der Waals surface area contributed by atoms with E-state index in [0.717, 1.165) is 29.5 Å². The van der Waals surface area contributed by atoms with Gasteiger partial charge in [-0.25, -0.2) is 0 Å². The zero-order valence-electron chi connectivity index (χ0n) is 16.0. The number of methoxy groups -OCH3 is 1. The SMILES string of the molecule is COc1ccccc1/C=C1\SC(=O)N(CCC(=O)N2CCCC[C@@H]2C(=O)[O-])C1=O. The first-order valence-corrected chi connectivity index (χ1v) is 10.1. The molecule has 3 rings (SSSR count). The van der Waals surface area contributed by atoms with E-state index >= 15 is 0 Å². The Balaban J connectivity index is 1.67. The molecule has 8 nitrogen and oxygen atoms in total. The maximum absolute atomic E-state index is 12.6. The number of amides is 3. The van der Waals surface area contributed by atoms with Gasteiger partial charge in [-0.2, -0.15) is 0 Å². The third-order valence-corrected chi connectivity index (χ3v) is 5.85. The molecular formula is C20H21N2O6S-. The predicted molar refractivity (Wildman–Crippen MR) is 105 cm³/mol. The third kappa shape index (κ3) is 4.61. The standard InChI is InChI=1S/C20H22N2O6S/c1-28-15-8-3-2-6-13(15)12-16-18(24)22(20(27)29-16)11-9-17(23)21-10-5-4-7-14(21)19(25)26/h2-3,6,8,12,14H,4-5,7,9-11H2,1H3,(H,25,26)/p-1/b16-12-/t14-/m1/s1. The number of benzene rings is 1. The normalized spacial score (nSPS) is 21.0. The van der Waals surface area contributed by atoms with Crippen LogP contribution in [0.25, 0.3) is 6.08 Å². The minimum absolute atomic E-state index is 0.0942. The second-order valence-electron chi connectivity index (χ2n) is 6.74. The van der Waals surface area contributed by atoms with E-state index in [1.165, 1.54) is 12.0 Å². The van der Waals surface area contributed by atoms with Crippen LogP contribution < -0.4 is 9.84 Å². The van der Waals surface area contributed by atoms with E-state index < -0.39 is 29.1 Å². The number of carboxylic acid groups (broad SMARTS) is 1. The van der Waals surface area contributed by atoms with Crippen molar-refractivity contribution in [1.82, 2.24) is 9.80 Å². The van der Waals surface area contributed by atoms with Crippen molar-refractivity contribution in [2.45, 2.75) is 31.7 Å². The number of imide groups is 1. The first kappa shape index (κ1) is 20.9. The molecule has 0 N–H and O–H groups in total. The molecule has 0 aliphatic carbocycles. The van der Waals surface area contributed by atoms with E-state index in [9.17, 15) is 24.3 Å². The first-order valence-electron chi connectivity index (χ1n) is 9.31. The molecular weight excluding hydrogens is 396 g/mol. The molecule has 2 saturated heterocycles. The molecule has 0 unspecified atom stereocenters. The van der Waals surface area contributed by atoms with Crippen LogP contribution in [0.3, 0.4) is 0 Å². The Morgan fingerprint density at radius 2 is 2.03 bits per heavy atom. The lowest BCUT2D eigenvalue weighted by molar-refractivity contribution is -0.312. The topological polar surface area (TPSA) is 107 Å². The number of nitrogens with zero attached hydrogens (tertiary/aromatic N) is 2. The van der Waals surface area contributed by atoms with Gasteiger partial charge in [0, 0.05) is 25.1 Å². The molecule has 1 atom stereocenters. The van der Waals surface area contributed by atoms with E-state index in [2.05, 4.69) is 0 Å².